The number of amides is 1. The largest absolute Gasteiger partial charge is 0.497 e. The molecule has 6 heteroatoms. The molecule has 0 atom stereocenters. The van der Waals surface area contributed by atoms with E-state index in [0.29, 0.717) is 12.5 Å². The molecule has 0 unspecified atom stereocenters. The van der Waals surface area contributed by atoms with E-state index in [1.165, 1.54) is 24.8 Å². The van der Waals surface area contributed by atoms with Crippen LogP contribution in [-0.4, -0.2) is 87.1 Å². The molecule has 3 rings (SSSR count). The number of piperidine rings is 1. The summed E-state index contributed by atoms with van der Waals surface area (Å²) in [5, 5.41) is 3.24. The molecule has 1 aromatic rings. The van der Waals surface area contributed by atoms with Crippen molar-refractivity contribution in [2.45, 2.75) is 25.8 Å². The van der Waals surface area contributed by atoms with E-state index in [1.807, 2.05) is 19.2 Å². The van der Waals surface area contributed by atoms with Gasteiger partial charge < -0.3 is 15.0 Å². The molecule has 2 fully saturated rings. The number of hydrogen-bond acceptors (Lipinski definition) is 5. The fraction of sp³-hybridized carbons (Fsp3) is 0.682. The molecule has 0 saturated carbocycles. The van der Waals surface area contributed by atoms with Crippen LogP contribution in [0.5, 0.6) is 5.75 Å². The van der Waals surface area contributed by atoms with Crippen LogP contribution in [0.25, 0.3) is 0 Å². The summed E-state index contributed by atoms with van der Waals surface area (Å²) in [5.41, 5.74) is 1.29. The average molecular weight is 389 g/mol. The molecule has 0 aromatic heterocycles. The first-order valence-corrected chi connectivity index (χ1v) is 10.7. The Kier molecular flexibility index (Phi) is 8.13. The number of hydrogen-bond donors (Lipinski definition) is 1. The Hall–Kier alpha value is -1.63. The monoisotopic (exact) mass is 388 g/mol. The summed E-state index contributed by atoms with van der Waals surface area (Å²) >= 11 is 0. The van der Waals surface area contributed by atoms with Gasteiger partial charge >= 0.3 is 0 Å². The van der Waals surface area contributed by atoms with E-state index in [0.717, 1.165) is 64.0 Å². The highest BCUT2D eigenvalue weighted by Gasteiger charge is 2.25. The van der Waals surface area contributed by atoms with Gasteiger partial charge in [-0.15, -0.1) is 0 Å². The number of nitrogens with one attached hydrogen (secondary N) is 1. The molecule has 0 aliphatic carbocycles. The van der Waals surface area contributed by atoms with E-state index in [4.69, 9.17) is 4.74 Å². The lowest BCUT2D eigenvalue weighted by Crippen LogP contribution is -2.51. The molecule has 2 aliphatic rings. The van der Waals surface area contributed by atoms with Gasteiger partial charge in [-0.3, -0.25) is 14.6 Å². The predicted octanol–water partition coefficient (Wildman–Crippen LogP) is 1.66. The molecule has 0 radical (unpaired) electrons. The van der Waals surface area contributed by atoms with Crippen molar-refractivity contribution in [2.24, 2.45) is 5.92 Å². The normalized spacial score (nSPS) is 19.7. The fourth-order valence-corrected chi connectivity index (χ4v) is 4.22. The number of carbonyl (C=O) groups excluding carboxylic acids is 1. The van der Waals surface area contributed by atoms with Gasteiger partial charge in [0.25, 0.3) is 0 Å². The van der Waals surface area contributed by atoms with E-state index in [-0.39, 0.29) is 0 Å². The molecule has 2 saturated heterocycles. The van der Waals surface area contributed by atoms with Crippen molar-refractivity contribution in [3.8, 4) is 5.75 Å². The molecule has 1 aromatic carbocycles. The zero-order valence-electron chi connectivity index (χ0n) is 17.5. The number of benzene rings is 1. The molecule has 0 spiro atoms. The third-order valence-electron chi connectivity index (χ3n) is 6.16. The zero-order valence-corrected chi connectivity index (χ0v) is 17.5. The highest BCUT2D eigenvalue weighted by Crippen LogP contribution is 2.20. The predicted molar refractivity (Wildman–Crippen MR) is 113 cm³/mol. The minimum absolute atomic E-state index is 0.303. The Bertz CT molecular complexity index is 591. The van der Waals surface area contributed by atoms with E-state index < -0.39 is 0 Å². The van der Waals surface area contributed by atoms with Crippen molar-refractivity contribution >= 4 is 5.91 Å². The zero-order chi connectivity index (χ0) is 19.8. The van der Waals surface area contributed by atoms with Crippen LogP contribution in [-0.2, 0) is 11.3 Å². The molecule has 2 heterocycles. The highest BCUT2D eigenvalue weighted by molar-refractivity contribution is 5.78. The van der Waals surface area contributed by atoms with Gasteiger partial charge in [0.15, 0.2) is 0 Å². The van der Waals surface area contributed by atoms with Gasteiger partial charge in [-0.25, -0.2) is 0 Å². The molecule has 1 amide bonds. The van der Waals surface area contributed by atoms with Crippen molar-refractivity contribution in [1.82, 2.24) is 20.0 Å². The van der Waals surface area contributed by atoms with E-state index in [1.54, 1.807) is 7.11 Å². The Labute approximate surface area is 169 Å². The average Bonchev–Trinajstić information content (AvgIpc) is 2.74. The quantitative estimate of drug-likeness (QED) is 0.734. The maximum atomic E-state index is 12.7. The van der Waals surface area contributed by atoms with Crippen molar-refractivity contribution in [3.63, 3.8) is 0 Å². The number of likely N-dealkylation sites (tertiary alicyclic amines) is 1. The number of piperazine rings is 1. The fourth-order valence-electron chi connectivity index (χ4n) is 4.22. The van der Waals surface area contributed by atoms with Gasteiger partial charge in [0.05, 0.1) is 13.7 Å². The van der Waals surface area contributed by atoms with E-state index >= 15 is 0 Å². The Balaban J connectivity index is 1.35. The summed E-state index contributed by atoms with van der Waals surface area (Å²) in [6, 6.07) is 8.27. The minimum atomic E-state index is 0.303. The Morgan fingerprint density at radius 1 is 1.04 bits per heavy atom. The van der Waals surface area contributed by atoms with Gasteiger partial charge in [0, 0.05) is 32.7 Å². The van der Waals surface area contributed by atoms with Crippen LogP contribution in [0.15, 0.2) is 24.3 Å². The van der Waals surface area contributed by atoms with Gasteiger partial charge in [-0.2, -0.15) is 0 Å². The van der Waals surface area contributed by atoms with Crippen molar-refractivity contribution in [3.05, 3.63) is 29.8 Å². The minimum Gasteiger partial charge on any atom is -0.497 e. The SMILES string of the molecule is CNCCC1CCN(CC(=O)N2CCN(Cc3ccc(OC)cc3)CC2)CC1. The van der Waals surface area contributed by atoms with Crippen LogP contribution >= 0.6 is 0 Å². The van der Waals surface area contributed by atoms with Crippen molar-refractivity contribution < 1.29 is 9.53 Å². The maximum absolute atomic E-state index is 12.7. The van der Waals surface area contributed by atoms with Gasteiger partial charge in [0.1, 0.15) is 5.75 Å². The van der Waals surface area contributed by atoms with Crippen LogP contribution < -0.4 is 10.1 Å². The molecule has 156 valence electrons. The van der Waals surface area contributed by atoms with Crippen LogP contribution in [0.2, 0.25) is 0 Å². The number of carbonyl (C=O) groups is 1. The Morgan fingerprint density at radius 3 is 2.32 bits per heavy atom. The maximum Gasteiger partial charge on any atom is 0.236 e. The molecular weight excluding hydrogens is 352 g/mol. The summed E-state index contributed by atoms with van der Waals surface area (Å²) < 4.78 is 5.22. The number of methoxy groups -OCH3 is 1. The summed E-state index contributed by atoms with van der Waals surface area (Å²) in [7, 11) is 3.71. The highest BCUT2D eigenvalue weighted by atomic mass is 16.5. The third kappa shape index (κ3) is 6.19. The van der Waals surface area contributed by atoms with Crippen LogP contribution in [0, 0.1) is 5.92 Å². The topological polar surface area (TPSA) is 48.1 Å². The van der Waals surface area contributed by atoms with Gasteiger partial charge in [-0.1, -0.05) is 12.1 Å². The summed E-state index contributed by atoms with van der Waals surface area (Å²) in [4.78, 5) is 19.5. The number of nitrogens with zero attached hydrogens (tertiary/aromatic N) is 3. The Morgan fingerprint density at radius 2 is 1.71 bits per heavy atom. The first-order valence-electron chi connectivity index (χ1n) is 10.7. The van der Waals surface area contributed by atoms with Crippen molar-refractivity contribution in [2.75, 3.05) is 66.5 Å². The lowest BCUT2D eigenvalue weighted by Gasteiger charge is -2.37. The standard InChI is InChI=1S/C22H36N4O2/c1-23-10-7-19-8-11-24(12-9-19)18-22(27)26-15-13-25(14-16-26)17-20-3-5-21(28-2)6-4-20/h3-6,19,23H,7-18H2,1-2H3. The molecule has 0 bridgehead atoms. The summed E-state index contributed by atoms with van der Waals surface area (Å²) in [5.74, 6) is 2.02. The number of rotatable bonds is 8. The molecule has 1 N–H and O–H groups in total. The lowest BCUT2D eigenvalue weighted by molar-refractivity contribution is -0.134. The first-order chi connectivity index (χ1) is 13.7. The molecule has 2 aliphatic heterocycles. The molecule has 6 nitrogen and oxygen atoms in total. The molecular formula is C22H36N4O2. The second-order valence-electron chi connectivity index (χ2n) is 8.12. The van der Waals surface area contributed by atoms with E-state index in [2.05, 4.69) is 32.1 Å². The van der Waals surface area contributed by atoms with E-state index in [9.17, 15) is 4.79 Å². The van der Waals surface area contributed by atoms with Crippen LogP contribution in [0.3, 0.4) is 0 Å². The second-order valence-corrected chi connectivity index (χ2v) is 8.12. The first kappa shape index (κ1) is 21.1. The van der Waals surface area contributed by atoms with Gasteiger partial charge in [-0.05, 0) is 69.6 Å². The van der Waals surface area contributed by atoms with Crippen molar-refractivity contribution in [1.29, 1.82) is 0 Å². The van der Waals surface area contributed by atoms with Gasteiger partial charge in [0.2, 0.25) is 5.91 Å². The van der Waals surface area contributed by atoms with Crippen LogP contribution in [0.1, 0.15) is 24.8 Å². The smallest absolute Gasteiger partial charge is 0.236 e. The third-order valence-corrected chi connectivity index (χ3v) is 6.16. The summed E-state index contributed by atoms with van der Waals surface area (Å²) in [6.45, 7) is 8.35. The van der Waals surface area contributed by atoms with Crippen LogP contribution in [0.4, 0.5) is 0 Å². The molecule has 28 heavy (non-hydrogen) atoms. The second kappa shape index (κ2) is 10.8. The number of ether oxygens (including phenoxy) is 1. The summed E-state index contributed by atoms with van der Waals surface area (Å²) in [6.07, 6.45) is 3.71. The lowest BCUT2D eigenvalue weighted by atomic mass is 9.93.